The van der Waals surface area contributed by atoms with Gasteiger partial charge in [-0.25, -0.2) is 13.6 Å². The molecule has 2 aromatic rings. The molecular weight excluding hydrogens is 292 g/mol. The molecule has 0 bridgehead atoms. The standard InChI is InChI=1S/C13H12N4O3S/c14-21(19,20)11-1-2-12-9(7-11)4-6-17(12)13(18)10-3-5-15-16-8-10/h1-3,5,7-8H,4,6H2,(H2,14,19,20). The highest BCUT2D eigenvalue weighted by Crippen LogP contribution is 2.30. The molecule has 0 unspecified atom stereocenters. The van der Waals surface area contributed by atoms with E-state index in [1.54, 1.807) is 17.0 Å². The Morgan fingerprint density at radius 2 is 2.05 bits per heavy atom. The lowest BCUT2D eigenvalue weighted by atomic mass is 10.2. The number of rotatable bonds is 2. The van der Waals surface area contributed by atoms with E-state index in [0.717, 1.165) is 5.56 Å². The maximum Gasteiger partial charge on any atom is 0.259 e. The van der Waals surface area contributed by atoms with Gasteiger partial charge in [0.05, 0.1) is 22.9 Å². The Bertz CT molecular complexity index is 805. The molecule has 0 saturated heterocycles. The van der Waals surface area contributed by atoms with Crippen LogP contribution in [0.5, 0.6) is 0 Å². The zero-order valence-corrected chi connectivity index (χ0v) is 11.7. The second-order valence-electron chi connectivity index (χ2n) is 4.67. The van der Waals surface area contributed by atoms with Crippen LogP contribution in [-0.2, 0) is 16.4 Å². The van der Waals surface area contributed by atoms with E-state index in [1.807, 2.05) is 0 Å². The van der Waals surface area contributed by atoms with Crippen LogP contribution in [0.15, 0.2) is 41.6 Å². The van der Waals surface area contributed by atoms with Crippen molar-refractivity contribution in [3.63, 3.8) is 0 Å². The number of aromatic nitrogens is 2. The maximum atomic E-state index is 12.4. The van der Waals surface area contributed by atoms with E-state index in [-0.39, 0.29) is 10.8 Å². The number of carbonyl (C=O) groups excluding carboxylic acids is 1. The minimum absolute atomic E-state index is 0.0566. The normalized spacial score (nSPS) is 14.0. The summed E-state index contributed by atoms with van der Waals surface area (Å²) in [5.41, 5.74) is 1.93. The first kappa shape index (κ1) is 13.7. The van der Waals surface area contributed by atoms with Gasteiger partial charge in [-0.2, -0.15) is 10.2 Å². The molecule has 108 valence electrons. The average Bonchev–Trinajstić information content (AvgIpc) is 2.89. The molecule has 1 aromatic heterocycles. The molecule has 21 heavy (non-hydrogen) atoms. The molecule has 1 aliphatic rings. The second kappa shape index (κ2) is 4.90. The largest absolute Gasteiger partial charge is 0.308 e. The number of hydrogen-bond acceptors (Lipinski definition) is 5. The third kappa shape index (κ3) is 2.50. The molecular formula is C13H12N4O3S. The van der Waals surface area contributed by atoms with Gasteiger partial charge in [0.1, 0.15) is 0 Å². The van der Waals surface area contributed by atoms with Crippen molar-refractivity contribution in [3.05, 3.63) is 47.8 Å². The van der Waals surface area contributed by atoms with Gasteiger partial charge in [0.25, 0.3) is 5.91 Å². The van der Waals surface area contributed by atoms with E-state index in [1.165, 1.54) is 24.5 Å². The minimum Gasteiger partial charge on any atom is -0.308 e. The van der Waals surface area contributed by atoms with Crippen LogP contribution in [0.1, 0.15) is 15.9 Å². The van der Waals surface area contributed by atoms with Crippen LogP contribution in [0.4, 0.5) is 5.69 Å². The fourth-order valence-electron chi connectivity index (χ4n) is 2.34. The molecule has 2 heterocycles. The van der Waals surface area contributed by atoms with Crippen LogP contribution in [-0.4, -0.2) is 31.1 Å². The van der Waals surface area contributed by atoms with Crippen molar-refractivity contribution >= 4 is 21.6 Å². The van der Waals surface area contributed by atoms with Gasteiger partial charge in [0, 0.05) is 12.2 Å². The number of nitrogens with zero attached hydrogens (tertiary/aromatic N) is 3. The smallest absolute Gasteiger partial charge is 0.259 e. The average molecular weight is 304 g/mol. The number of benzene rings is 1. The Morgan fingerprint density at radius 3 is 2.71 bits per heavy atom. The number of fused-ring (bicyclic) bond motifs is 1. The molecule has 1 amide bonds. The first-order chi connectivity index (χ1) is 9.97. The van der Waals surface area contributed by atoms with Gasteiger partial charge in [0.15, 0.2) is 0 Å². The summed E-state index contributed by atoms with van der Waals surface area (Å²) in [5.74, 6) is -0.188. The minimum atomic E-state index is -3.74. The summed E-state index contributed by atoms with van der Waals surface area (Å²) in [4.78, 5) is 14.1. The van der Waals surface area contributed by atoms with Gasteiger partial charge < -0.3 is 4.90 Å². The number of anilines is 1. The van der Waals surface area contributed by atoms with E-state index in [0.29, 0.717) is 24.2 Å². The van der Waals surface area contributed by atoms with E-state index >= 15 is 0 Å². The zero-order valence-electron chi connectivity index (χ0n) is 10.9. The lowest BCUT2D eigenvalue weighted by Gasteiger charge is -2.17. The number of carbonyl (C=O) groups is 1. The number of hydrogen-bond donors (Lipinski definition) is 1. The molecule has 0 fully saturated rings. The van der Waals surface area contributed by atoms with Gasteiger partial charge in [0.2, 0.25) is 10.0 Å². The fraction of sp³-hybridized carbons (Fsp3) is 0.154. The summed E-state index contributed by atoms with van der Waals surface area (Å²) < 4.78 is 22.7. The van der Waals surface area contributed by atoms with Crippen LogP contribution in [0.2, 0.25) is 0 Å². The van der Waals surface area contributed by atoms with E-state index < -0.39 is 10.0 Å². The third-order valence-electron chi connectivity index (χ3n) is 3.35. The van der Waals surface area contributed by atoms with E-state index in [9.17, 15) is 13.2 Å². The quantitative estimate of drug-likeness (QED) is 0.860. The summed E-state index contributed by atoms with van der Waals surface area (Å²) >= 11 is 0. The van der Waals surface area contributed by atoms with E-state index in [2.05, 4.69) is 10.2 Å². The molecule has 3 rings (SSSR count). The summed E-state index contributed by atoms with van der Waals surface area (Å²) in [6.45, 7) is 0.491. The molecule has 0 atom stereocenters. The molecule has 0 spiro atoms. The predicted octanol–water partition coefficient (Wildman–Crippen LogP) is 0.327. The van der Waals surface area contributed by atoms with Crippen LogP contribution in [0, 0.1) is 0 Å². The van der Waals surface area contributed by atoms with Crippen molar-refractivity contribution in [1.82, 2.24) is 10.2 Å². The molecule has 0 aliphatic carbocycles. The molecule has 2 N–H and O–H groups in total. The van der Waals surface area contributed by atoms with Crippen LogP contribution in [0.3, 0.4) is 0 Å². The number of primary sulfonamides is 1. The molecule has 8 heteroatoms. The van der Waals surface area contributed by atoms with Gasteiger partial charge in [-0.15, -0.1) is 0 Å². The van der Waals surface area contributed by atoms with Crippen LogP contribution in [0.25, 0.3) is 0 Å². The van der Waals surface area contributed by atoms with Gasteiger partial charge in [-0.3, -0.25) is 4.79 Å². The van der Waals surface area contributed by atoms with Crippen molar-refractivity contribution in [2.24, 2.45) is 5.14 Å². The van der Waals surface area contributed by atoms with Crippen molar-refractivity contribution in [2.45, 2.75) is 11.3 Å². The first-order valence-electron chi connectivity index (χ1n) is 6.21. The molecule has 7 nitrogen and oxygen atoms in total. The highest BCUT2D eigenvalue weighted by atomic mass is 32.2. The topological polar surface area (TPSA) is 106 Å². The van der Waals surface area contributed by atoms with Crippen molar-refractivity contribution < 1.29 is 13.2 Å². The summed E-state index contributed by atoms with van der Waals surface area (Å²) in [6.07, 6.45) is 3.44. The number of sulfonamides is 1. The maximum absolute atomic E-state index is 12.4. The highest BCUT2D eigenvalue weighted by Gasteiger charge is 2.26. The van der Waals surface area contributed by atoms with Crippen LogP contribution >= 0.6 is 0 Å². The highest BCUT2D eigenvalue weighted by molar-refractivity contribution is 7.89. The first-order valence-corrected chi connectivity index (χ1v) is 7.76. The monoisotopic (exact) mass is 304 g/mol. The number of amides is 1. The SMILES string of the molecule is NS(=O)(=O)c1ccc2c(c1)CCN2C(=O)c1ccnnc1. The molecule has 0 saturated carbocycles. The van der Waals surface area contributed by atoms with Crippen molar-refractivity contribution in [1.29, 1.82) is 0 Å². The third-order valence-corrected chi connectivity index (χ3v) is 4.26. The van der Waals surface area contributed by atoms with Gasteiger partial charge >= 0.3 is 0 Å². The Kier molecular flexibility index (Phi) is 3.19. The zero-order chi connectivity index (χ0) is 15.0. The Hall–Kier alpha value is -2.32. The van der Waals surface area contributed by atoms with Crippen molar-refractivity contribution in [2.75, 3.05) is 11.4 Å². The fourth-order valence-corrected chi connectivity index (χ4v) is 2.90. The van der Waals surface area contributed by atoms with Crippen LogP contribution < -0.4 is 10.0 Å². The Balaban J connectivity index is 1.97. The van der Waals surface area contributed by atoms with Crippen molar-refractivity contribution in [3.8, 4) is 0 Å². The summed E-state index contributed by atoms with van der Waals surface area (Å²) in [7, 11) is -3.74. The predicted molar refractivity (Wildman–Crippen MR) is 75.2 cm³/mol. The lowest BCUT2D eigenvalue weighted by molar-refractivity contribution is 0.0989. The summed E-state index contributed by atoms with van der Waals surface area (Å²) in [6, 6.07) is 6.12. The second-order valence-corrected chi connectivity index (χ2v) is 6.23. The Labute approximate surface area is 121 Å². The van der Waals surface area contributed by atoms with E-state index in [4.69, 9.17) is 5.14 Å². The van der Waals surface area contributed by atoms with Gasteiger partial charge in [-0.05, 0) is 36.2 Å². The molecule has 1 aliphatic heterocycles. The summed E-state index contributed by atoms with van der Waals surface area (Å²) in [5, 5.41) is 12.4. The van der Waals surface area contributed by atoms with Gasteiger partial charge in [-0.1, -0.05) is 0 Å². The lowest BCUT2D eigenvalue weighted by Crippen LogP contribution is -2.29. The number of nitrogens with two attached hydrogens (primary N) is 1. The Morgan fingerprint density at radius 1 is 1.24 bits per heavy atom. The molecule has 0 radical (unpaired) electrons. The molecule has 1 aromatic carbocycles.